The number of benzene rings is 2. The number of hydrogen-bond acceptors (Lipinski definition) is 9. The fourth-order valence-electron chi connectivity index (χ4n) is 3.78. The first-order chi connectivity index (χ1) is 16.5. The highest BCUT2D eigenvalue weighted by Crippen LogP contribution is 2.34. The Balaban J connectivity index is 1.55. The van der Waals surface area contributed by atoms with E-state index in [0.29, 0.717) is 42.5 Å². The summed E-state index contributed by atoms with van der Waals surface area (Å²) in [7, 11) is 0. The van der Waals surface area contributed by atoms with E-state index in [1.165, 1.54) is 6.33 Å². The van der Waals surface area contributed by atoms with E-state index in [1.54, 1.807) is 31.2 Å². The second-order valence-corrected chi connectivity index (χ2v) is 7.97. The minimum absolute atomic E-state index is 0.0493. The summed E-state index contributed by atoms with van der Waals surface area (Å²) >= 11 is 6.11. The first-order valence-electron chi connectivity index (χ1n) is 10.8. The lowest BCUT2D eigenvalue weighted by Gasteiger charge is -2.36. The van der Waals surface area contributed by atoms with Gasteiger partial charge in [-0.15, -0.1) is 0 Å². The van der Waals surface area contributed by atoms with Gasteiger partial charge in [-0.1, -0.05) is 23.7 Å². The monoisotopic (exact) mass is 482 g/mol. The maximum atomic E-state index is 12.0. The number of halogens is 1. The van der Waals surface area contributed by atoms with Crippen molar-refractivity contribution in [3.63, 3.8) is 0 Å². The molecule has 10 nitrogen and oxygen atoms in total. The van der Waals surface area contributed by atoms with Crippen molar-refractivity contribution in [2.24, 2.45) is 0 Å². The zero-order valence-corrected chi connectivity index (χ0v) is 19.2. The molecule has 1 fully saturated rings. The molecule has 0 bridgehead atoms. The number of rotatable bonds is 7. The van der Waals surface area contributed by atoms with Crippen LogP contribution in [0.15, 0.2) is 54.9 Å². The Labute approximate surface area is 201 Å². The van der Waals surface area contributed by atoms with E-state index in [9.17, 15) is 14.9 Å². The summed E-state index contributed by atoms with van der Waals surface area (Å²) in [6.45, 7) is 4.38. The van der Waals surface area contributed by atoms with Crippen LogP contribution in [-0.2, 0) is 4.74 Å². The van der Waals surface area contributed by atoms with Crippen LogP contribution >= 0.6 is 11.6 Å². The van der Waals surface area contributed by atoms with Crippen LogP contribution < -0.4 is 15.1 Å². The van der Waals surface area contributed by atoms with Crippen LogP contribution in [0, 0.1) is 10.1 Å². The number of nitrogens with one attached hydrogen (secondary N) is 1. The molecule has 1 saturated heterocycles. The molecule has 1 aromatic heterocycles. The number of esters is 1. The summed E-state index contributed by atoms with van der Waals surface area (Å²) < 4.78 is 5.02. The quantitative estimate of drug-likeness (QED) is 0.299. The van der Waals surface area contributed by atoms with Crippen molar-refractivity contribution >= 4 is 46.3 Å². The van der Waals surface area contributed by atoms with Gasteiger partial charge in [-0.25, -0.2) is 14.8 Å². The zero-order chi connectivity index (χ0) is 24.1. The second-order valence-electron chi connectivity index (χ2n) is 7.53. The van der Waals surface area contributed by atoms with Crippen LogP contribution in [0.4, 0.5) is 28.7 Å². The number of nitro groups is 1. The Morgan fingerprint density at radius 3 is 2.56 bits per heavy atom. The highest BCUT2D eigenvalue weighted by atomic mass is 35.5. The lowest BCUT2D eigenvalue weighted by Crippen LogP contribution is -2.47. The van der Waals surface area contributed by atoms with E-state index in [1.807, 2.05) is 29.2 Å². The van der Waals surface area contributed by atoms with Gasteiger partial charge in [0.2, 0.25) is 11.6 Å². The summed E-state index contributed by atoms with van der Waals surface area (Å²) in [4.78, 5) is 35.9. The number of carbonyl (C=O) groups excluding carboxylic acids is 1. The van der Waals surface area contributed by atoms with Gasteiger partial charge in [0.15, 0.2) is 0 Å². The van der Waals surface area contributed by atoms with Crippen molar-refractivity contribution in [3.05, 3.63) is 75.6 Å². The van der Waals surface area contributed by atoms with E-state index in [0.717, 1.165) is 5.69 Å². The number of piperazine rings is 1. The van der Waals surface area contributed by atoms with E-state index < -0.39 is 10.9 Å². The number of nitrogens with zero attached hydrogens (tertiary/aromatic N) is 5. The third-order valence-electron chi connectivity index (χ3n) is 5.37. The van der Waals surface area contributed by atoms with E-state index >= 15 is 0 Å². The van der Waals surface area contributed by atoms with Crippen LogP contribution in [0.2, 0.25) is 5.02 Å². The molecule has 34 heavy (non-hydrogen) atoms. The highest BCUT2D eigenvalue weighted by molar-refractivity contribution is 6.30. The van der Waals surface area contributed by atoms with Crippen LogP contribution in [-0.4, -0.2) is 53.6 Å². The fourth-order valence-corrected chi connectivity index (χ4v) is 3.97. The molecule has 3 aromatic rings. The van der Waals surface area contributed by atoms with Crippen LogP contribution in [0.5, 0.6) is 0 Å². The molecule has 0 amide bonds. The fraction of sp³-hybridized carbons (Fsp3) is 0.261. The third kappa shape index (κ3) is 5.18. The molecule has 2 heterocycles. The maximum Gasteiger partial charge on any atom is 0.353 e. The second kappa shape index (κ2) is 10.3. The van der Waals surface area contributed by atoms with Crippen LogP contribution in [0.1, 0.15) is 17.3 Å². The minimum Gasteiger partial charge on any atom is -0.462 e. The number of anilines is 4. The van der Waals surface area contributed by atoms with E-state index in [-0.39, 0.29) is 23.9 Å². The summed E-state index contributed by atoms with van der Waals surface area (Å²) in [6, 6.07) is 14.1. The number of aromatic nitrogens is 2. The SMILES string of the molecule is CCOC(=O)c1cccc(Nc2ncnc(N3CCN(c4cccc(Cl)c4)CC3)c2[N+](=O)[O-])c1. The van der Waals surface area contributed by atoms with Gasteiger partial charge >= 0.3 is 11.7 Å². The molecular formula is C23H23ClN6O4. The van der Waals surface area contributed by atoms with E-state index in [2.05, 4.69) is 20.2 Å². The summed E-state index contributed by atoms with van der Waals surface area (Å²) in [6.07, 6.45) is 1.29. The average molecular weight is 483 g/mol. The standard InChI is InChI=1S/C23H23ClN6O4/c1-2-34-23(31)16-5-3-7-18(13-16)27-21-20(30(32)33)22(26-15-25-21)29-11-9-28(10-12-29)19-8-4-6-17(24)14-19/h3-8,13-15H,2,9-12H2,1H3,(H,25,26,27). The zero-order valence-electron chi connectivity index (χ0n) is 18.5. The Hall–Kier alpha value is -3.92. The van der Waals surface area contributed by atoms with Crippen molar-refractivity contribution in [3.8, 4) is 0 Å². The van der Waals surface area contributed by atoms with Crippen molar-refractivity contribution in [1.29, 1.82) is 0 Å². The Bertz CT molecular complexity index is 1200. The molecule has 4 rings (SSSR count). The van der Waals surface area contributed by atoms with Crippen molar-refractivity contribution in [2.45, 2.75) is 6.92 Å². The molecule has 0 spiro atoms. The first-order valence-corrected chi connectivity index (χ1v) is 11.1. The summed E-state index contributed by atoms with van der Waals surface area (Å²) in [5.41, 5.74) is 1.60. The molecular weight excluding hydrogens is 460 g/mol. The summed E-state index contributed by atoms with van der Waals surface area (Å²) in [5, 5.41) is 15.6. The normalized spacial score (nSPS) is 13.5. The maximum absolute atomic E-state index is 12.0. The van der Waals surface area contributed by atoms with Crippen LogP contribution in [0.3, 0.4) is 0 Å². The molecule has 11 heteroatoms. The third-order valence-corrected chi connectivity index (χ3v) is 5.61. The molecule has 0 unspecified atom stereocenters. The van der Waals surface area contributed by atoms with Crippen molar-refractivity contribution < 1.29 is 14.5 Å². The van der Waals surface area contributed by atoms with Gasteiger partial charge in [0, 0.05) is 42.6 Å². The number of carbonyl (C=O) groups is 1. The number of ether oxygens (including phenoxy) is 1. The first kappa shape index (κ1) is 23.2. The molecule has 176 valence electrons. The van der Waals surface area contributed by atoms with Gasteiger partial charge in [0.1, 0.15) is 6.33 Å². The molecule has 0 saturated carbocycles. The summed E-state index contributed by atoms with van der Waals surface area (Å²) in [5.74, 6) is -0.176. The predicted octanol–water partition coefficient (Wildman–Crippen LogP) is 4.29. The van der Waals surface area contributed by atoms with Gasteiger partial charge in [-0.05, 0) is 43.3 Å². The smallest absolute Gasteiger partial charge is 0.353 e. The topological polar surface area (TPSA) is 114 Å². The molecule has 0 aliphatic carbocycles. The van der Waals surface area contributed by atoms with Gasteiger partial charge in [0.05, 0.1) is 17.1 Å². The van der Waals surface area contributed by atoms with E-state index in [4.69, 9.17) is 16.3 Å². The molecule has 0 atom stereocenters. The molecule has 2 aromatic carbocycles. The average Bonchev–Trinajstić information content (AvgIpc) is 2.84. The molecule has 0 radical (unpaired) electrons. The lowest BCUT2D eigenvalue weighted by atomic mass is 10.2. The minimum atomic E-state index is -0.490. The van der Waals surface area contributed by atoms with Crippen molar-refractivity contribution in [1.82, 2.24) is 9.97 Å². The lowest BCUT2D eigenvalue weighted by molar-refractivity contribution is -0.383. The Morgan fingerprint density at radius 2 is 1.85 bits per heavy atom. The Morgan fingerprint density at radius 1 is 1.12 bits per heavy atom. The predicted molar refractivity (Wildman–Crippen MR) is 130 cm³/mol. The number of hydrogen-bond donors (Lipinski definition) is 1. The Kier molecular flexibility index (Phi) is 7.07. The van der Waals surface area contributed by atoms with Gasteiger partial charge in [-0.3, -0.25) is 10.1 Å². The van der Waals surface area contributed by atoms with Gasteiger partial charge in [-0.2, -0.15) is 0 Å². The van der Waals surface area contributed by atoms with Crippen LogP contribution in [0.25, 0.3) is 0 Å². The van der Waals surface area contributed by atoms with Gasteiger partial charge < -0.3 is 19.9 Å². The van der Waals surface area contributed by atoms with Gasteiger partial charge in [0.25, 0.3) is 0 Å². The van der Waals surface area contributed by atoms with Crippen molar-refractivity contribution in [2.75, 3.05) is 47.9 Å². The molecule has 1 aliphatic heterocycles. The molecule has 1 N–H and O–H groups in total. The largest absolute Gasteiger partial charge is 0.462 e. The molecule has 1 aliphatic rings. The highest BCUT2D eigenvalue weighted by Gasteiger charge is 2.29.